The number of hydrogen-bond acceptors (Lipinski definition) is 5. The lowest BCUT2D eigenvalue weighted by Gasteiger charge is -2.39. The number of ether oxygens (including phenoxy) is 3. The Kier molecular flexibility index (Phi) is 5.35. The number of hydrogen-bond donors (Lipinski definition) is 0. The highest BCUT2D eigenvalue weighted by molar-refractivity contribution is 5.89. The normalized spacial score (nSPS) is 31.2. The largest absolute Gasteiger partial charge is 0.456 e. The highest BCUT2D eigenvalue weighted by Crippen LogP contribution is 2.38. The summed E-state index contributed by atoms with van der Waals surface area (Å²) in [5, 5.41) is 0. The molecule has 2 aliphatic rings. The Morgan fingerprint density at radius 2 is 1.96 bits per heavy atom. The van der Waals surface area contributed by atoms with Crippen molar-refractivity contribution in [2.24, 2.45) is 17.8 Å². The molecule has 1 aromatic carbocycles. The first-order chi connectivity index (χ1) is 12.4. The third-order valence-electron chi connectivity index (χ3n) is 5.32. The fourth-order valence-corrected chi connectivity index (χ4v) is 3.84. The highest BCUT2D eigenvalue weighted by atomic mass is 16.7. The standard InChI is InChI=1S/C21H26O5/c1-14(2)17-10-9-15(3)13-18(17)25-20(23)21(16-7-5-4-6-8-16)24-12-11-19(22)26-21/h4-8,11-12,14-15,17-18H,9-10,13H2,1-3H3/t15?,17?,18?,21-/m0/s1. The van der Waals surface area contributed by atoms with Crippen molar-refractivity contribution >= 4 is 11.9 Å². The van der Waals surface area contributed by atoms with E-state index in [4.69, 9.17) is 14.2 Å². The van der Waals surface area contributed by atoms with Crippen LogP contribution in [-0.2, 0) is 29.6 Å². The lowest BCUT2D eigenvalue weighted by atomic mass is 9.75. The van der Waals surface area contributed by atoms with Crippen molar-refractivity contribution in [2.45, 2.75) is 51.9 Å². The Balaban J connectivity index is 1.88. The Morgan fingerprint density at radius 3 is 2.62 bits per heavy atom. The van der Waals surface area contributed by atoms with Crippen LogP contribution in [0.15, 0.2) is 42.7 Å². The van der Waals surface area contributed by atoms with E-state index in [-0.39, 0.29) is 12.0 Å². The van der Waals surface area contributed by atoms with Crippen LogP contribution in [-0.4, -0.2) is 18.0 Å². The van der Waals surface area contributed by atoms with Crippen LogP contribution >= 0.6 is 0 Å². The van der Waals surface area contributed by atoms with Crippen LogP contribution in [0.5, 0.6) is 0 Å². The third kappa shape index (κ3) is 3.62. The predicted molar refractivity (Wildman–Crippen MR) is 95.7 cm³/mol. The van der Waals surface area contributed by atoms with E-state index in [0.29, 0.717) is 17.4 Å². The molecule has 1 saturated carbocycles. The lowest BCUT2D eigenvalue weighted by molar-refractivity contribution is -0.242. The molecule has 4 atom stereocenters. The second kappa shape index (κ2) is 7.52. The molecule has 3 rings (SSSR count). The van der Waals surface area contributed by atoms with E-state index in [9.17, 15) is 9.59 Å². The zero-order chi connectivity index (χ0) is 18.7. The summed E-state index contributed by atoms with van der Waals surface area (Å²) in [7, 11) is 0. The molecule has 1 aromatic rings. The number of rotatable bonds is 4. The van der Waals surface area contributed by atoms with Gasteiger partial charge in [0, 0.05) is 5.56 Å². The molecule has 0 aromatic heterocycles. The van der Waals surface area contributed by atoms with Crippen LogP contribution in [0, 0.1) is 17.8 Å². The van der Waals surface area contributed by atoms with Crippen molar-refractivity contribution in [2.75, 3.05) is 0 Å². The van der Waals surface area contributed by atoms with Gasteiger partial charge in [-0.3, -0.25) is 0 Å². The molecular formula is C21H26O5. The zero-order valence-corrected chi connectivity index (χ0v) is 15.5. The van der Waals surface area contributed by atoms with Crippen molar-refractivity contribution in [3.63, 3.8) is 0 Å². The Hall–Kier alpha value is -2.30. The van der Waals surface area contributed by atoms with Crippen LogP contribution in [0.3, 0.4) is 0 Å². The molecule has 0 bridgehead atoms. The minimum Gasteiger partial charge on any atom is -0.456 e. The Labute approximate surface area is 154 Å². The van der Waals surface area contributed by atoms with E-state index in [1.807, 2.05) is 6.07 Å². The van der Waals surface area contributed by atoms with Crippen molar-refractivity contribution < 1.29 is 23.8 Å². The van der Waals surface area contributed by atoms with Gasteiger partial charge in [0.1, 0.15) is 6.10 Å². The van der Waals surface area contributed by atoms with Crippen LogP contribution in [0.1, 0.15) is 45.6 Å². The summed E-state index contributed by atoms with van der Waals surface area (Å²) in [5.74, 6) is -2.00. The molecule has 0 spiro atoms. The van der Waals surface area contributed by atoms with Crippen LogP contribution in [0.4, 0.5) is 0 Å². The van der Waals surface area contributed by atoms with E-state index in [0.717, 1.165) is 25.3 Å². The summed E-state index contributed by atoms with van der Waals surface area (Å²) in [5.41, 5.74) is 0.438. The van der Waals surface area contributed by atoms with Gasteiger partial charge in [0.2, 0.25) is 0 Å². The number of esters is 2. The molecule has 5 heteroatoms. The molecule has 0 amide bonds. The number of benzene rings is 1. The summed E-state index contributed by atoms with van der Waals surface area (Å²) in [4.78, 5) is 25.0. The molecular weight excluding hydrogens is 332 g/mol. The van der Waals surface area contributed by atoms with Crippen molar-refractivity contribution in [3.8, 4) is 0 Å². The van der Waals surface area contributed by atoms with Crippen LogP contribution in [0.25, 0.3) is 0 Å². The first kappa shape index (κ1) is 18.5. The summed E-state index contributed by atoms with van der Waals surface area (Å²) in [6.45, 7) is 6.47. The van der Waals surface area contributed by atoms with E-state index in [1.54, 1.807) is 24.3 Å². The average Bonchev–Trinajstić information content (AvgIpc) is 2.62. The van der Waals surface area contributed by atoms with Gasteiger partial charge in [-0.25, -0.2) is 9.59 Å². The molecule has 1 aliphatic carbocycles. The highest BCUT2D eigenvalue weighted by Gasteiger charge is 2.51. The van der Waals surface area contributed by atoms with Gasteiger partial charge in [-0.15, -0.1) is 0 Å². The molecule has 0 saturated heterocycles. The predicted octanol–water partition coefficient (Wildman–Crippen LogP) is 3.93. The topological polar surface area (TPSA) is 61.8 Å². The first-order valence-corrected chi connectivity index (χ1v) is 9.26. The molecule has 3 unspecified atom stereocenters. The number of carbonyl (C=O) groups is 2. The second-order valence-corrected chi connectivity index (χ2v) is 7.59. The van der Waals surface area contributed by atoms with Gasteiger partial charge in [-0.1, -0.05) is 57.5 Å². The maximum atomic E-state index is 13.2. The molecule has 0 N–H and O–H groups in total. The van der Waals surface area contributed by atoms with E-state index < -0.39 is 17.7 Å². The summed E-state index contributed by atoms with van der Waals surface area (Å²) in [6, 6.07) is 8.73. The quantitative estimate of drug-likeness (QED) is 0.763. The van der Waals surface area contributed by atoms with Gasteiger partial charge in [-0.05, 0) is 30.6 Å². The SMILES string of the molecule is CC1CCC(C(C)C)C(OC(=O)[C@@]2(c3ccccc3)OC=CC(=O)O2)C1. The van der Waals surface area contributed by atoms with E-state index in [2.05, 4.69) is 20.8 Å². The van der Waals surface area contributed by atoms with E-state index in [1.165, 1.54) is 6.26 Å². The molecule has 5 nitrogen and oxygen atoms in total. The van der Waals surface area contributed by atoms with Crippen LogP contribution in [0.2, 0.25) is 0 Å². The van der Waals surface area contributed by atoms with Crippen molar-refractivity contribution in [3.05, 3.63) is 48.2 Å². The van der Waals surface area contributed by atoms with Crippen molar-refractivity contribution in [1.82, 2.24) is 0 Å². The average molecular weight is 358 g/mol. The minimum atomic E-state index is -1.88. The summed E-state index contributed by atoms with van der Waals surface area (Å²) in [6.07, 6.45) is 5.10. The van der Waals surface area contributed by atoms with Gasteiger partial charge >= 0.3 is 17.7 Å². The van der Waals surface area contributed by atoms with E-state index >= 15 is 0 Å². The smallest absolute Gasteiger partial charge is 0.398 e. The second-order valence-electron chi connectivity index (χ2n) is 7.59. The Morgan fingerprint density at radius 1 is 1.23 bits per heavy atom. The zero-order valence-electron chi connectivity index (χ0n) is 15.5. The third-order valence-corrected chi connectivity index (χ3v) is 5.32. The van der Waals surface area contributed by atoms with Gasteiger partial charge < -0.3 is 14.2 Å². The van der Waals surface area contributed by atoms with Gasteiger partial charge in [-0.2, -0.15) is 0 Å². The molecule has 1 aliphatic heterocycles. The molecule has 0 radical (unpaired) electrons. The molecule has 140 valence electrons. The molecule has 1 fully saturated rings. The first-order valence-electron chi connectivity index (χ1n) is 9.26. The number of carbonyl (C=O) groups excluding carboxylic acids is 2. The summed E-state index contributed by atoms with van der Waals surface area (Å²) >= 11 is 0. The monoisotopic (exact) mass is 358 g/mol. The lowest BCUT2D eigenvalue weighted by Crippen LogP contribution is -2.48. The Bertz CT molecular complexity index is 681. The maximum Gasteiger partial charge on any atom is 0.398 e. The number of cyclic esters (lactones) is 1. The molecule has 1 heterocycles. The van der Waals surface area contributed by atoms with Gasteiger partial charge in [0.25, 0.3) is 0 Å². The van der Waals surface area contributed by atoms with Gasteiger partial charge in [0.15, 0.2) is 0 Å². The fourth-order valence-electron chi connectivity index (χ4n) is 3.84. The van der Waals surface area contributed by atoms with Crippen LogP contribution < -0.4 is 0 Å². The fraction of sp³-hybridized carbons (Fsp3) is 0.524. The minimum absolute atomic E-state index is 0.208. The maximum absolute atomic E-state index is 13.2. The molecule has 26 heavy (non-hydrogen) atoms. The van der Waals surface area contributed by atoms with Crippen molar-refractivity contribution in [1.29, 1.82) is 0 Å². The summed E-state index contributed by atoms with van der Waals surface area (Å²) < 4.78 is 16.8. The van der Waals surface area contributed by atoms with Gasteiger partial charge in [0.05, 0.1) is 12.3 Å².